The fourth-order valence-electron chi connectivity index (χ4n) is 1.09. The highest BCUT2D eigenvalue weighted by atomic mass is 16.5. The average Bonchev–Trinajstić information content (AvgIpc) is 2.42. The maximum atomic E-state index is 11.6. The summed E-state index contributed by atoms with van der Waals surface area (Å²) in [6.07, 6.45) is 4.04. The van der Waals surface area contributed by atoms with E-state index in [0.717, 1.165) is 0 Å². The van der Waals surface area contributed by atoms with E-state index in [9.17, 15) is 14.4 Å². The van der Waals surface area contributed by atoms with Gasteiger partial charge in [-0.2, -0.15) is 0 Å². The topological polar surface area (TPSA) is 105 Å². The van der Waals surface area contributed by atoms with Crippen LogP contribution in [0.25, 0.3) is 0 Å². The third-order valence-corrected chi connectivity index (χ3v) is 2.31. The van der Waals surface area contributed by atoms with Crippen LogP contribution in [0.3, 0.4) is 0 Å². The summed E-state index contributed by atoms with van der Waals surface area (Å²) in [5, 5.41) is 13.2. The van der Waals surface area contributed by atoms with Gasteiger partial charge in [-0.1, -0.05) is 31.4 Å². The first-order valence-corrected chi connectivity index (χ1v) is 6.21. The van der Waals surface area contributed by atoms with Crippen molar-refractivity contribution < 1.29 is 24.2 Å². The van der Waals surface area contributed by atoms with Crippen LogP contribution < -0.4 is 10.6 Å². The van der Waals surface area contributed by atoms with Gasteiger partial charge in [-0.05, 0) is 19.4 Å². The van der Waals surface area contributed by atoms with E-state index in [-0.39, 0.29) is 6.61 Å². The van der Waals surface area contributed by atoms with E-state index in [1.807, 2.05) is 0 Å². The number of nitrogens with one attached hydrogen (secondary N) is 2. The van der Waals surface area contributed by atoms with E-state index < -0.39 is 30.1 Å². The number of alkyl carbamates (subject to hydrolysis) is 1. The van der Waals surface area contributed by atoms with Gasteiger partial charge in [0.25, 0.3) is 0 Å². The lowest BCUT2D eigenvalue weighted by molar-refractivity contribution is -0.141. The first-order valence-electron chi connectivity index (χ1n) is 6.21. The van der Waals surface area contributed by atoms with Crippen LogP contribution in [0, 0.1) is 0 Å². The maximum absolute atomic E-state index is 11.6. The summed E-state index contributed by atoms with van der Waals surface area (Å²) in [6.45, 7) is 9.84. The Balaban J connectivity index is 4.17. The number of aliphatic carboxylic acids is 1. The smallest absolute Gasteiger partial charge is 0.408 e. The number of carboxylic acid groups (broad SMARTS) is 1. The average molecular weight is 296 g/mol. The standard InChI is InChI=1S/C14H20N2O5/c1-5-6-7-9(2)8-21-14(20)16-10(3)12(17)15-11(4)13(18)19/h5-7,10-11H,1-2,8H2,3-4H3,(H,15,17)(H,16,20)(H,18,19)/b7-6-/t10-,11-/m0/s1. The molecule has 0 fully saturated rings. The predicted molar refractivity (Wildman–Crippen MR) is 77.7 cm³/mol. The molecule has 2 amide bonds. The number of carboxylic acids is 1. The second kappa shape index (κ2) is 9.35. The number of ether oxygens (including phenoxy) is 1. The summed E-state index contributed by atoms with van der Waals surface area (Å²) < 4.78 is 4.84. The third-order valence-electron chi connectivity index (χ3n) is 2.31. The molecule has 0 spiro atoms. The Bertz CT molecular complexity index is 456. The Morgan fingerprint density at radius 3 is 2.38 bits per heavy atom. The van der Waals surface area contributed by atoms with Crippen molar-refractivity contribution in [2.24, 2.45) is 0 Å². The van der Waals surface area contributed by atoms with Crippen LogP contribution in [0.4, 0.5) is 4.79 Å². The Labute approximate surface area is 123 Å². The molecule has 0 aromatic heterocycles. The number of carbonyl (C=O) groups excluding carboxylic acids is 2. The molecule has 116 valence electrons. The lowest BCUT2D eigenvalue weighted by Gasteiger charge is -2.16. The summed E-state index contributed by atoms with van der Waals surface area (Å²) >= 11 is 0. The van der Waals surface area contributed by atoms with E-state index >= 15 is 0 Å². The summed E-state index contributed by atoms with van der Waals surface area (Å²) in [6, 6.07) is -1.96. The Morgan fingerprint density at radius 2 is 1.86 bits per heavy atom. The number of allylic oxidation sites excluding steroid dienone is 2. The Hall–Kier alpha value is -2.57. The van der Waals surface area contributed by atoms with E-state index in [1.165, 1.54) is 13.8 Å². The van der Waals surface area contributed by atoms with Gasteiger partial charge in [0.2, 0.25) is 5.91 Å². The van der Waals surface area contributed by atoms with Crippen molar-refractivity contribution >= 4 is 18.0 Å². The fraction of sp³-hybridized carbons (Fsp3) is 0.357. The van der Waals surface area contributed by atoms with Crippen molar-refractivity contribution in [1.82, 2.24) is 10.6 Å². The summed E-state index contributed by atoms with van der Waals surface area (Å²) in [5.41, 5.74) is 0.557. The highest BCUT2D eigenvalue weighted by molar-refractivity contribution is 5.88. The lowest BCUT2D eigenvalue weighted by Crippen LogP contribution is -2.49. The minimum Gasteiger partial charge on any atom is -0.480 e. The Morgan fingerprint density at radius 1 is 1.24 bits per heavy atom. The third kappa shape index (κ3) is 8.25. The van der Waals surface area contributed by atoms with Crippen LogP contribution in [-0.4, -0.2) is 41.8 Å². The number of hydrogen-bond acceptors (Lipinski definition) is 4. The molecule has 2 atom stereocenters. The van der Waals surface area contributed by atoms with Gasteiger partial charge in [0.1, 0.15) is 18.7 Å². The normalized spacial score (nSPS) is 13.0. The molecule has 3 N–H and O–H groups in total. The molecule has 21 heavy (non-hydrogen) atoms. The second-order valence-corrected chi connectivity index (χ2v) is 4.26. The highest BCUT2D eigenvalue weighted by Crippen LogP contribution is 1.96. The van der Waals surface area contributed by atoms with Gasteiger partial charge < -0.3 is 20.5 Å². The van der Waals surface area contributed by atoms with Gasteiger partial charge in [0.15, 0.2) is 0 Å². The molecule has 0 aromatic carbocycles. The molecular weight excluding hydrogens is 276 g/mol. The molecule has 0 saturated heterocycles. The summed E-state index contributed by atoms with van der Waals surface area (Å²) in [7, 11) is 0. The molecule has 0 aliphatic rings. The van der Waals surface area contributed by atoms with Crippen LogP contribution in [0.1, 0.15) is 13.8 Å². The molecule has 0 bridgehead atoms. The minimum absolute atomic E-state index is 0.0317. The van der Waals surface area contributed by atoms with Crippen LogP contribution in [-0.2, 0) is 14.3 Å². The van der Waals surface area contributed by atoms with Crippen molar-refractivity contribution in [2.45, 2.75) is 25.9 Å². The van der Waals surface area contributed by atoms with Crippen LogP contribution >= 0.6 is 0 Å². The molecule has 0 aliphatic heterocycles. The molecule has 7 nitrogen and oxygen atoms in total. The van der Waals surface area contributed by atoms with Crippen LogP contribution in [0.5, 0.6) is 0 Å². The van der Waals surface area contributed by atoms with Gasteiger partial charge in [-0.25, -0.2) is 4.79 Å². The quantitative estimate of drug-likeness (QED) is 0.579. The van der Waals surface area contributed by atoms with Crippen molar-refractivity contribution in [1.29, 1.82) is 0 Å². The Kier molecular flexibility index (Phi) is 8.21. The SMILES string of the molecule is C=C/C=C\C(=C)COC(=O)N[C@@H](C)C(=O)N[C@@H](C)C(=O)O. The van der Waals surface area contributed by atoms with Crippen molar-refractivity contribution in [2.75, 3.05) is 6.61 Å². The van der Waals surface area contributed by atoms with Gasteiger partial charge in [-0.15, -0.1) is 0 Å². The monoisotopic (exact) mass is 296 g/mol. The molecule has 0 rings (SSSR count). The molecule has 0 heterocycles. The molecule has 0 aromatic rings. The number of amides is 2. The zero-order valence-electron chi connectivity index (χ0n) is 12.1. The number of rotatable bonds is 8. The van der Waals surface area contributed by atoms with Crippen LogP contribution in [0.2, 0.25) is 0 Å². The van der Waals surface area contributed by atoms with E-state index in [2.05, 4.69) is 23.8 Å². The molecular formula is C14H20N2O5. The van der Waals surface area contributed by atoms with Crippen molar-refractivity contribution in [3.05, 3.63) is 37.0 Å². The molecule has 0 saturated carbocycles. The largest absolute Gasteiger partial charge is 0.480 e. The molecule has 0 radical (unpaired) electrons. The predicted octanol–water partition coefficient (Wildman–Crippen LogP) is 0.989. The van der Waals surface area contributed by atoms with E-state index in [1.54, 1.807) is 18.2 Å². The first kappa shape index (κ1) is 18.4. The zero-order valence-corrected chi connectivity index (χ0v) is 12.1. The number of hydrogen-bond donors (Lipinski definition) is 3. The second-order valence-electron chi connectivity index (χ2n) is 4.26. The van der Waals surface area contributed by atoms with Gasteiger partial charge >= 0.3 is 12.1 Å². The first-order chi connectivity index (χ1) is 9.77. The summed E-state index contributed by atoms with van der Waals surface area (Å²) in [4.78, 5) is 33.6. The molecule has 0 aliphatic carbocycles. The van der Waals surface area contributed by atoms with Gasteiger partial charge in [0, 0.05) is 0 Å². The highest BCUT2D eigenvalue weighted by Gasteiger charge is 2.20. The van der Waals surface area contributed by atoms with E-state index in [0.29, 0.717) is 5.57 Å². The molecule has 0 unspecified atom stereocenters. The minimum atomic E-state index is -1.16. The van der Waals surface area contributed by atoms with Crippen molar-refractivity contribution in [3.8, 4) is 0 Å². The fourth-order valence-corrected chi connectivity index (χ4v) is 1.09. The molecule has 7 heteroatoms. The summed E-state index contributed by atoms with van der Waals surface area (Å²) in [5.74, 6) is -1.78. The van der Waals surface area contributed by atoms with E-state index in [4.69, 9.17) is 9.84 Å². The van der Waals surface area contributed by atoms with Crippen LogP contribution in [0.15, 0.2) is 37.0 Å². The van der Waals surface area contributed by atoms with Gasteiger partial charge in [-0.3, -0.25) is 9.59 Å². The number of carbonyl (C=O) groups is 3. The zero-order chi connectivity index (χ0) is 16.4. The lowest BCUT2D eigenvalue weighted by atomic mass is 10.2. The van der Waals surface area contributed by atoms with Gasteiger partial charge in [0.05, 0.1) is 0 Å². The maximum Gasteiger partial charge on any atom is 0.408 e. The van der Waals surface area contributed by atoms with Crippen molar-refractivity contribution in [3.63, 3.8) is 0 Å².